The Hall–Kier alpha value is -1.83. The normalized spacial score (nSPS) is 37.0. The molecule has 2 aliphatic heterocycles. The number of carbonyl (C=O) groups excluding carboxylic acids is 1. The zero-order valence-corrected chi connectivity index (χ0v) is 16.9. The summed E-state index contributed by atoms with van der Waals surface area (Å²) in [6.45, 7) is 3.89. The van der Waals surface area contributed by atoms with E-state index in [2.05, 4.69) is 22.8 Å². The lowest BCUT2D eigenvalue weighted by Crippen LogP contribution is -2.61. The Balaban J connectivity index is 1.58. The molecule has 1 saturated heterocycles. The number of nitrogens with one attached hydrogen (secondary N) is 2. The highest BCUT2D eigenvalue weighted by molar-refractivity contribution is 6.31. The van der Waals surface area contributed by atoms with Crippen LogP contribution in [-0.2, 0) is 9.53 Å². The number of hydrogen-bond acceptors (Lipinski definition) is 6. The molecule has 1 aromatic carbocycles. The van der Waals surface area contributed by atoms with Crippen LogP contribution in [0.2, 0.25) is 5.02 Å². The molecule has 1 saturated carbocycles. The number of hydrazone groups is 1. The molecule has 0 radical (unpaired) electrons. The maximum Gasteiger partial charge on any atom is 0.240 e. The number of aliphatic hydroxyl groups excluding tert-OH is 1. The van der Waals surface area contributed by atoms with Crippen LogP contribution in [0.1, 0.15) is 56.6 Å². The van der Waals surface area contributed by atoms with Gasteiger partial charge in [-0.2, -0.15) is 0 Å². The number of hydrogen-bond donors (Lipinski definition) is 4. The highest BCUT2D eigenvalue weighted by Gasteiger charge is 2.63. The van der Waals surface area contributed by atoms with Crippen LogP contribution in [0, 0.1) is 5.41 Å². The van der Waals surface area contributed by atoms with Crippen molar-refractivity contribution < 1.29 is 14.6 Å². The number of benzene rings is 1. The number of aliphatic hydroxyl groups is 1. The first-order valence-electron chi connectivity index (χ1n) is 9.85. The average Bonchev–Trinajstić information content (AvgIpc) is 3.23. The van der Waals surface area contributed by atoms with Crippen LogP contribution in [0.4, 0.5) is 0 Å². The van der Waals surface area contributed by atoms with Crippen molar-refractivity contribution in [1.29, 1.82) is 0 Å². The lowest BCUT2D eigenvalue weighted by molar-refractivity contribution is -0.131. The van der Waals surface area contributed by atoms with Crippen molar-refractivity contribution in [2.75, 3.05) is 6.61 Å². The summed E-state index contributed by atoms with van der Waals surface area (Å²) in [5.41, 5.74) is 10.3. The third kappa shape index (κ3) is 2.71. The number of amides is 1. The van der Waals surface area contributed by atoms with Gasteiger partial charge in [-0.05, 0) is 56.2 Å². The first-order valence-corrected chi connectivity index (χ1v) is 10.2. The third-order valence-corrected chi connectivity index (χ3v) is 7.30. The summed E-state index contributed by atoms with van der Waals surface area (Å²) >= 11 is 6.63. The molecule has 28 heavy (non-hydrogen) atoms. The van der Waals surface area contributed by atoms with Gasteiger partial charge < -0.3 is 20.9 Å². The van der Waals surface area contributed by atoms with Gasteiger partial charge in [0.2, 0.25) is 18.0 Å². The molecular formula is C20H27ClN4O3. The molecule has 8 heteroatoms. The van der Waals surface area contributed by atoms with E-state index in [0.717, 1.165) is 30.4 Å². The molecule has 1 aliphatic carbocycles. The van der Waals surface area contributed by atoms with Gasteiger partial charge in [-0.3, -0.25) is 10.2 Å². The van der Waals surface area contributed by atoms with E-state index in [9.17, 15) is 4.79 Å². The van der Waals surface area contributed by atoms with E-state index in [1.165, 1.54) is 0 Å². The van der Waals surface area contributed by atoms with E-state index in [0.29, 0.717) is 17.3 Å². The summed E-state index contributed by atoms with van der Waals surface area (Å²) in [5.74, 6) is 0.694. The maximum absolute atomic E-state index is 12.7. The molecule has 0 aromatic heterocycles. The minimum Gasteiger partial charge on any atom is -0.448 e. The molecule has 5 N–H and O–H groups in total. The van der Waals surface area contributed by atoms with Crippen molar-refractivity contribution in [2.45, 2.75) is 63.3 Å². The molecule has 3 aliphatic rings. The Bertz CT molecular complexity index is 832. The predicted molar refractivity (Wildman–Crippen MR) is 107 cm³/mol. The van der Waals surface area contributed by atoms with Gasteiger partial charge in [0.25, 0.3) is 0 Å². The zero-order chi connectivity index (χ0) is 20.1. The first kappa shape index (κ1) is 19.5. The Morgan fingerprint density at radius 2 is 2.25 bits per heavy atom. The van der Waals surface area contributed by atoms with Crippen LogP contribution >= 0.6 is 11.6 Å². The molecule has 2 heterocycles. The van der Waals surface area contributed by atoms with Gasteiger partial charge in [-0.25, -0.2) is 0 Å². The van der Waals surface area contributed by atoms with Gasteiger partial charge >= 0.3 is 0 Å². The number of fused-ring (bicyclic) bond motifs is 1. The van der Waals surface area contributed by atoms with Gasteiger partial charge in [0.1, 0.15) is 6.61 Å². The first-order chi connectivity index (χ1) is 13.3. The monoisotopic (exact) mass is 406 g/mol. The second-order valence-electron chi connectivity index (χ2n) is 8.18. The molecule has 5 atom stereocenters. The Kier molecular flexibility index (Phi) is 4.80. The fraction of sp³-hybridized carbons (Fsp3) is 0.600. The van der Waals surface area contributed by atoms with E-state index in [1.807, 2.05) is 25.1 Å². The molecule has 4 rings (SSSR count). The van der Waals surface area contributed by atoms with E-state index in [-0.39, 0.29) is 24.5 Å². The fourth-order valence-corrected chi connectivity index (χ4v) is 5.52. The van der Waals surface area contributed by atoms with Crippen LogP contribution in [0.3, 0.4) is 0 Å². The van der Waals surface area contributed by atoms with Gasteiger partial charge in [0, 0.05) is 16.6 Å². The van der Waals surface area contributed by atoms with Crippen LogP contribution in [-0.4, -0.2) is 41.3 Å². The summed E-state index contributed by atoms with van der Waals surface area (Å²) in [4.78, 5) is 12.7. The molecule has 7 nitrogen and oxygen atoms in total. The van der Waals surface area contributed by atoms with Crippen molar-refractivity contribution in [1.82, 2.24) is 10.7 Å². The zero-order valence-electron chi connectivity index (χ0n) is 16.2. The van der Waals surface area contributed by atoms with Crippen LogP contribution in [0.15, 0.2) is 23.3 Å². The predicted octanol–water partition coefficient (Wildman–Crippen LogP) is 1.82. The van der Waals surface area contributed by atoms with E-state index < -0.39 is 17.2 Å². The van der Waals surface area contributed by atoms with E-state index >= 15 is 0 Å². The minimum atomic E-state index is -0.583. The number of rotatable bonds is 4. The molecule has 2 fully saturated rings. The SMILES string of the molecule is CCC12CCC(c3ccc(C4=NNC(CO)O4)cc3Cl)CC1(N)C(C)NC2=O. The standard InChI is InChI=1S/C20H27ClN4O3/c1-3-19-7-6-13(9-20(19,22)11(2)23-18(19)27)14-5-4-12(8-15(14)21)17-25-24-16(10-26)28-17/h4-5,8,11,13,16,24,26H,3,6-7,9-10,22H2,1-2H3,(H,23,27). The largest absolute Gasteiger partial charge is 0.448 e. The van der Waals surface area contributed by atoms with E-state index in [4.69, 9.17) is 27.2 Å². The summed E-state index contributed by atoms with van der Waals surface area (Å²) in [7, 11) is 0. The molecular weight excluding hydrogens is 380 g/mol. The van der Waals surface area contributed by atoms with Crippen LogP contribution in [0.5, 0.6) is 0 Å². The molecule has 0 spiro atoms. The highest BCUT2D eigenvalue weighted by Crippen LogP contribution is 2.55. The molecule has 5 unspecified atom stereocenters. The molecule has 0 bridgehead atoms. The van der Waals surface area contributed by atoms with Gasteiger partial charge in [-0.1, -0.05) is 24.6 Å². The Morgan fingerprint density at radius 1 is 1.46 bits per heavy atom. The molecule has 1 amide bonds. The number of carbonyl (C=O) groups is 1. The average molecular weight is 407 g/mol. The van der Waals surface area contributed by atoms with Gasteiger partial charge in [-0.15, -0.1) is 5.10 Å². The number of nitrogens with two attached hydrogens (primary N) is 1. The lowest BCUT2D eigenvalue weighted by atomic mass is 9.56. The molecule has 1 aromatic rings. The van der Waals surface area contributed by atoms with Crippen molar-refractivity contribution in [3.63, 3.8) is 0 Å². The summed E-state index contributed by atoms with van der Waals surface area (Å²) in [5, 5.41) is 17.0. The van der Waals surface area contributed by atoms with Crippen molar-refractivity contribution >= 4 is 23.4 Å². The number of nitrogens with zero attached hydrogens (tertiary/aromatic N) is 1. The quantitative estimate of drug-likeness (QED) is 0.609. The Morgan fingerprint density at radius 3 is 2.89 bits per heavy atom. The number of halogens is 1. The molecule has 152 valence electrons. The summed E-state index contributed by atoms with van der Waals surface area (Å²) < 4.78 is 5.53. The second kappa shape index (κ2) is 6.90. The van der Waals surface area contributed by atoms with Crippen molar-refractivity contribution in [3.05, 3.63) is 34.3 Å². The second-order valence-corrected chi connectivity index (χ2v) is 8.59. The van der Waals surface area contributed by atoms with Crippen LogP contribution in [0.25, 0.3) is 0 Å². The number of ether oxygens (including phenoxy) is 1. The van der Waals surface area contributed by atoms with E-state index in [1.54, 1.807) is 0 Å². The summed E-state index contributed by atoms with van der Waals surface area (Å²) in [6.07, 6.45) is 2.56. The van der Waals surface area contributed by atoms with Crippen molar-refractivity contribution in [2.24, 2.45) is 16.3 Å². The topological polar surface area (TPSA) is 109 Å². The van der Waals surface area contributed by atoms with Crippen LogP contribution < -0.4 is 16.5 Å². The van der Waals surface area contributed by atoms with Crippen molar-refractivity contribution in [3.8, 4) is 0 Å². The van der Waals surface area contributed by atoms with Gasteiger partial charge in [0.15, 0.2) is 0 Å². The maximum atomic E-state index is 12.7. The minimum absolute atomic E-state index is 0.0662. The Labute approximate surface area is 169 Å². The smallest absolute Gasteiger partial charge is 0.240 e. The lowest BCUT2D eigenvalue weighted by Gasteiger charge is -2.49. The highest BCUT2D eigenvalue weighted by atomic mass is 35.5. The summed E-state index contributed by atoms with van der Waals surface area (Å²) in [6, 6.07) is 5.69. The third-order valence-electron chi connectivity index (χ3n) is 6.97. The van der Waals surface area contributed by atoms with Gasteiger partial charge in [0.05, 0.1) is 11.0 Å². The fourth-order valence-electron chi connectivity index (χ4n) is 5.19.